The van der Waals surface area contributed by atoms with E-state index in [9.17, 15) is 4.79 Å². The van der Waals surface area contributed by atoms with Crippen molar-refractivity contribution < 1.29 is 9.90 Å². The molecule has 2 aromatic rings. The van der Waals surface area contributed by atoms with E-state index >= 15 is 0 Å². The van der Waals surface area contributed by atoms with Gasteiger partial charge in [-0.2, -0.15) is 11.3 Å². The molecule has 94 valence electrons. The van der Waals surface area contributed by atoms with Crippen LogP contribution in [0, 0.1) is 6.92 Å². The molecule has 0 saturated carbocycles. The molecule has 0 saturated heterocycles. The molecule has 0 bridgehead atoms. The van der Waals surface area contributed by atoms with Gasteiger partial charge in [-0.15, -0.1) is 0 Å². The third-order valence-electron chi connectivity index (χ3n) is 2.58. The SMILES string of the molecule is Cc1cc(NCCc2ccsc2)c(C(=O)O)cn1. The lowest BCUT2D eigenvalue weighted by Crippen LogP contribution is -2.10. The first-order valence-electron chi connectivity index (χ1n) is 5.61. The molecule has 0 amide bonds. The van der Waals surface area contributed by atoms with Gasteiger partial charge < -0.3 is 10.4 Å². The van der Waals surface area contributed by atoms with Crippen LogP contribution in [0.5, 0.6) is 0 Å². The van der Waals surface area contributed by atoms with Gasteiger partial charge in [-0.3, -0.25) is 4.98 Å². The monoisotopic (exact) mass is 262 g/mol. The van der Waals surface area contributed by atoms with Crippen molar-refractivity contribution in [1.82, 2.24) is 4.98 Å². The number of hydrogen-bond acceptors (Lipinski definition) is 4. The van der Waals surface area contributed by atoms with Crippen LogP contribution in [0.2, 0.25) is 0 Å². The quantitative estimate of drug-likeness (QED) is 0.869. The maximum atomic E-state index is 11.0. The number of aromatic nitrogens is 1. The first kappa shape index (κ1) is 12.6. The first-order valence-corrected chi connectivity index (χ1v) is 6.56. The molecule has 0 atom stereocenters. The number of aromatic carboxylic acids is 1. The molecule has 2 heterocycles. The number of hydrogen-bond donors (Lipinski definition) is 2. The van der Waals surface area contributed by atoms with Crippen LogP contribution in [0.3, 0.4) is 0 Å². The molecule has 0 aromatic carbocycles. The number of pyridine rings is 1. The third kappa shape index (κ3) is 3.07. The Morgan fingerprint density at radius 3 is 3.06 bits per heavy atom. The summed E-state index contributed by atoms with van der Waals surface area (Å²) in [5.74, 6) is -0.958. The number of carboxylic acid groups (broad SMARTS) is 1. The highest BCUT2D eigenvalue weighted by atomic mass is 32.1. The third-order valence-corrected chi connectivity index (χ3v) is 3.31. The largest absolute Gasteiger partial charge is 0.478 e. The van der Waals surface area contributed by atoms with Gasteiger partial charge in [-0.1, -0.05) is 0 Å². The van der Waals surface area contributed by atoms with E-state index in [1.54, 1.807) is 17.4 Å². The molecule has 0 aliphatic carbocycles. The lowest BCUT2D eigenvalue weighted by atomic mass is 10.2. The Morgan fingerprint density at radius 2 is 2.39 bits per heavy atom. The number of anilines is 1. The highest BCUT2D eigenvalue weighted by molar-refractivity contribution is 7.07. The second-order valence-electron chi connectivity index (χ2n) is 3.98. The fourth-order valence-electron chi connectivity index (χ4n) is 1.65. The summed E-state index contributed by atoms with van der Waals surface area (Å²) in [5.41, 5.74) is 2.91. The highest BCUT2D eigenvalue weighted by Crippen LogP contribution is 2.16. The van der Waals surface area contributed by atoms with Gasteiger partial charge >= 0.3 is 5.97 Å². The summed E-state index contributed by atoms with van der Waals surface area (Å²) in [7, 11) is 0. The molecule has 0 spiro atoms. The van der Waals surface area contributed by atoms with Crippen LogP contribution >= 0.6 is 11.3 Å². The summed E-state index contributed by atoms with van der Waals surface area (Å²) >= 11 is 1.66. The van der Waals surface area contributed by atoms with Gasteiger partial charge in [-0.05, 0) is 41.8 Å². The van der Waals surface area contributed by atoms with E-state index in [4.69, 9.17) is 5.11 Å². The molecule has 0 radical (unpaired) electrons. The van der Waals surface area contributed by atoms with E-state index in [2.05, 4.69) is 21.7 Å². The Kier molecular flexibility index (Phi) is 3.94. The Hall–Kier alpha value is -1.88. The van der Waals surface area contributed by atoms with Crippen LogP contribution in [-0.4, -0.2) is 22.6 Å². The zero-order valence-corrected chi connectivity index (χ0v) is 10.8. The van der Waals surface area contributed by atoms with Crippen molar-refractivity contribution in [1.29, 1.82) is 0 Å². The van der Waals surface area contributed by atoms with E-state index in [0.717, 1.165) is 12.1 Å². The Bertz CT molecular complexity index is 538. The number of nitrogens with zero attached hydrogens (tertiary/aromatic N) is 1. The highest BCUT2D eigenvalue weighted by Gasteiger charge is 2.10. The zero-order valence-electron chi connectivity index (χ0n) is 10.0. The van der Waals surface area contributed by atoms with Crippen LogP contribution in [0.4, 0.5) is 5.69 Å². The lowest BCUT2D eigenvalue weighted by Gasteiger charge is -2.09. The number of carboxylic acids is 1. The number of nitrogens with one attached hydrogen (secondary N) is 1. The summed E-state index contributed by atoms with van der Waals surface area (Å²) in [5, 5.41) is 16.4. The summed E-state index contributed by atoms with van der Waals surface area (Å²) in [4.78, 5) is 15.0. The minimum atomic E-state index is -0.958. The molecular weight excluding hydrogens is 248 g/mol. The molecule has 2 aromatic heterocycles. The zero-order chi connectivity index (χ0) is 13.0. The van der Waals surface area contributed by atoms with Crippen LogP contribution in [0.25, 0.3) is 0 Å². The van der Waals surface area contributed by atoms with Gasteiger partial charge in [0.1, 0.15) is 5.56 Å². The van der Waals surface area contributed by atoms with E-state index < -0.39 is 5.97 Å². The van der Waals surface area contributed by atoms with Crippen molar-refractivity contribution in [2.45, 2.75) is 13.3 Å². The molecule has 0 aliphatic rings. The van der Waals surface area contributed by atoms with Crippen molar-refractivity contribution in [2.75, 3.05) is 11.9 Å². The van der Waals surface area contributed by atoms with Crippen molar-refractivity contribution in [2.24, 2.45) is 0 Å². The van der Waals surface area contributed by atoms with Crippen molar-refractivity contribution >= 4 is 23.0 Å². The maximum Gasteiger partial charge on any atom is 0.339 e. The fourth-order valence-corrected chi connectivity index (χ4v) is 2.36. The smallest absolute Gasteiger partial charge is 0.339 e. The molecular formula is C13H14N2O2S. The Balaban J connectivity index is 2.03. The minimum Gasteiger partial charge on any atom is -0.478 e. The van der Waals surface area contributed by atoms with E-state index in [-0.39, 0.29) is 5.56 Å². The summed E-state index contributed by atoms with van der Waals surface area (Å²) < 4.78 is 0. The van der Waals surface area contributed by atoms with Crippen molar-refractivity contribution in [3.05, 3.63) is 45.9 Å². The topological polar surface area (TPSA) is 62.2 Å². The van der Waals surface area contributed by atoms with Crippen LogP contribution in [-0.2, 0) is 6.42 Å². The van der Waals surface area contributed by atoms with Crippen molar-refractivity contribution in [3.8, 4) is 0 Å². The summed E-state index contributed by atoms with van der Waals surface area (Å²) in [6, 6.07) is 3.83. The molecule has 2 N–H and O–H groups in total. The normalized spacial score (nSPS) is 10.3. The Labute approximate surface area is 109 Å². The molecule has 0 unspecified atom stereocenters. The number of rotatable bonds is 5. The average Bonchev–Trinajstić information content (AvgIpc) is 2.82. The standard InChI is InChI=1S/C13H14N2O2S/c1-9-6-12(11(7-15-9)13(16)17)14-4-2-10-3-5-18-8-10/h3,5-8H,2,4H2,1H3,(H,14,15)(H,16,17). The first-order chi connectivity index (χ1) is 8.66. The van der Waals surface area contributed by atoms with Gasteiger partial charge in [0.25, 0.3) is 0 Å². The molecule has 0 fully saturated rings. The van der Waals surface area contributed by atoms with E-state index in [0.29, 0.717) is 12.2 Å². The molecule has 5 heteroatoms. The minimum absolute atomic E-state index is 0.214. The second kappa shape index (κ2) is 5.64. The second-order valence-corrected chi connectivity index (χ2v) is 4.76. The molecule has 2 rings (SSSR count). The predicted octanol–water partition coefficient (Wildman–Crippen LogP) is 2.80. The molecule has 4 nitrogen and oxygen atoms in total. The summed E-state index contributed by atoms with van der Waals surface area (Å²) in [6.07, 6.45) is 2.27. The lowest BCUT2D eigenvalue weighted by molar-refractivity contribution is 0.0697. The molecule has 18 heavy (non-hydrogen) atoms. The number of carbonyl (C=O) groups is 1. The van der Waals surface area contributed by atoms with Crippen LogP contribution < -0.4 is 5.32 Å². The fraction of sp³-hybridized carbons (Fsp3) is 0.231. The maximum absolute atomic E-state index is 11.0. The van der Waals surface area contributed by atoms with Gasteiger partial charge in [0.2, 0.25) is 0 Å². The number of thiophene rings is 1. The summed E-state index contributed by atoms with van der Waals surface area (Å²) in [6.45, 7) is 2.55. The number of aryl methyl sites for hydroxylation is 1. The molecule has 0 aliphatic heterocycles. The van der Waals surface area contributed by atoms with Gasteiger partial charge in [0, 0.05) is 18.4 Å². The van der Waals surface area contributed by atoms with E-state index in [1.807, 2.05) is 12.3 Å². The predicted molar refractivity (Wildman–Crippen MR) is 72.4 cm³/mol. The van der Waals surface area contributed by atoms with Gasteiger partial charge in [0.15, 0.2) is 0 Å². The van der Waals surface area contributed by atoms with Gasteiger partial charge in [-0.25, -0.2) is 4.79 Å². The average molecular weight is 262 g/mol. The van der Waals surface area contributed by atoms with Gasteiger partial charge in [0.05, 0.1) is 5.69 Å². The van der Waals surface area contributed by atoms with Crippen LogP contribution in [0.1, 0.15) is 21.6 Å². The van der Waals surface area contributed by atoms with Crippen LogP contribution in [0.15, 0.2) is 29.1 Å². The van der Waals surface area contributed by atoms with Crippen molar-refractivity contribution in [3.63, 3.8) is 0 Å². The Morgan fingerprint density at radius 1 is 1.56 bits per heavy atom. The van der Waals surface area contributed by atoms with E-state index in [1.165, 1.54) is 11.8 Å².